The Morgan fingerprint density at radius 3 is 1.57 bits per heavy atom. The Balaban J connectivity index is 0.000000201. The number of thiazole rings is 3. The molecule has 4 fully saturated rings. The van der Waals surface area contributed by atoms with E-state index in [9.17, 15) is 62.0 Å². The number of piperazine rings is 2. The van der Waals surface area contributed by atoms with Gasteiger partial charge in [0.2, 0.25) is 17.7 Å². The number of para-hydroxylation sites is 1. The largest absolute Gasteiger partial charge is 0.480 e. The Labute approximate surface area is 793 Å². The van der Waals surface area contributed by atoms with Crippen LogP contribution in [-0.4, -0.2) is 180 Å². The molecule has 13 aromatic rings. The number of rotatable bonds is 26. The number of aryl methyl sites for hydroxylation is 1. The molecule has 4 saturated heterocycles. The van der Waals surface area contributed by atoms with Crippen molar-refractivity contribution in [3.8, 4) is 11.5 Å². The first-order valence-electron chi connectivity index (χ1n) is 40.2. The summed E-state index contributed by atoms with van der Waals surface area (Å²) in [5.74, 6) is -0.656. The average Bonchev–Trinajstić information content (AvgIpc) is 1.65. The Hall–Kier alpha value is -11.9. The molecule has 4 aliphatic rings. The zero-order valence-corrected chi connectivity index (χ0v) is 78.4. The number of sulfonamides is 4. The molecule has 5 amide bonds. The van der Waals surface area contributed by atoms with Gasteiger partial charge >= 0.3 is 0 Å². The first-order valence-corrected chi connectivity index (χ1v) is 50.3. The van der Waals surface area contributed by atoms with Crippen molar-refractivity contribution in [2.24, 2.45) is 0 Å². The van der Waals surface area contributed by atoms with E-state index in [1.54, 1.807) is 107 Å². The molecule has 8 aromatic carbocycles. The lowest BCUT2D eigenvalue weighted by Gasteiger charge is -2.37. The van der Waals surface area contributed by atoms with Gasteiger partial charge in [-0.25, -0.2) is 63.0 Å². The highest BCUT2D eigenvalue weighted by molar-refractivity contribution is 7.93. The van der Waals surface area contributed by atoms with Gasteiger partial charge in [-0.15, -0.1) is 34.0 Å². The monoisotopic (exact) mass is 2000 g/mol. The van der Waals surface area contributed by atoms with Crippen molar-refractivity contribution in [1.29, 1.82) is 0 Å². The third-order valence-corrected chi connectivity index (χ3v) is 30.3. The van der Waals surface area contributed by atoms with E-state index in [4.69, 9.17) is 55.9 Å². The lowest BCUT2D eigenvalue weighted by Crippen LogP contribution is -2.54. The maximum Gasteiger partial charge on any atom is 0.268 e. The van der Waals surface area contributed by atoms with Gasteiger partial charge in [-0.3, -0.25) is 42.9 Å². The van der Waals surface area contributed by atoms with Gasteiger partial charge in [0.05, 0.1) is 46.2 Å². The number of hydrogen-bond donors (Lipinski definition) is 5. The number of carbonyl (C=O) groups excluding carboxylic acids is 5. The van der Waals surface area contributed by atoms with Crippen LogP contribution in [0.5, 0.6) is 11.5 Å². The molecule has 4 aliphatic heterocycles. The van der Waals surface area contributed by atoms with E-state index < -0.39 is 58.1 Å². The first-order chi connectivity index (χ1) is 62.7. The molecule has 9 heterocycles. The van der Waals surface area contributed by atoms with Gasteiger partial charge in [0.15, 0.2) is 27.6 Å². The number of amides is 5. The van der Waals surface area contributed by atoms with Crippen LogP contribution in [0, 0.1) is 12.7 Å². The van der Waals surface area contributed by atoms with E-state index in [-0.39, 0.29) is 120 Å². The van der Waals surface area contributed by atoms with E-state index in [1.165, 1.54) is 146 Å². The van der Waals surface area contributed by atoms with Crippen molar-refractivity contribution in [1.82, 2.24) is 44.6 Å². The van der Waals surface area contributed by atoms with E-state index in [0.717, 1.165) is 22.2 Å². The summed E-state index contributed by atoms with van der Waals surface area (Å²) in [5.41, 5.74) is 5.87. The Kier molecular flexibility index (Phi) is 30.6. The van der Waals surface area contributed by atoms with E-state index in [2.05, 4.69) is 60.1 Å². The van der Waals surface area contributed by atoms with E-state index in [1.807, 2.05) is 72.0 Å². The third-order valence-electron chi connectivity index (χ3n) is 21.0. The number of nitrogens with zero attached hydrogens (tertiary/aromatic N) is 12. The molecule has 0 spiro atoms. The SMILES string of the molecule is CC(C(=O)N1CCN(c2ccc(S(=O)(=O)Nc3ccncn3)cc2)CC1)n1ccc2cccc(Cl)c21.C[C@@H](Oc1cccc(Cl)c1Cl)C(=O)N1CCN(c2ccc(S(=O)(=O)Nc3nccs3)cc2)C(=O)C1.Cc1cccc(CNC2CCN(c3ccc(S(=O)(=O)Nc4nccs4)cc3)C2=O)c1.O=C1C(Oc2ccc(F)c(Cl)c2)CCN1c1ccc(S(=O)(=O)Nc2nccs2)cc1.[HH].[HH].[HH].[HH].[HH]. The van der Waals surface area contributed by atoms with Crippen LogP contribution in [0.15, 0.2) is 261 Å². The Morgan fingerprint density at radius 2 is 1.04 bits per heavy atom. The van der Waals surface area contributed by atoms with Crippen molar-refractivity contribution in [2.75, 3.05) is 97.4 Å². The summed E-state index contributed by atoms with van der Waals surface area (Å²) in [6.45, 7) is 9.99. The maximum absolute atomic E-state index is 13.3. The molecule has 0 radical (unpaired) electrons. The minimum Gasteiger partial charge on any atom is -0.480 e. The number of halogens is 5. The van der Waals surface area contributed by atoms with E-state index >= 15 is 0 Å². The standard InChI is InChI=1S/C25H25ClN6O3S.C22H20Cl2N4O5S2.C21H22N4O3S2.C19H15ClFN3O4S2.5H2/c1-18(32-12-10-19-3-2-4-22(26)24(19)32)25(33)31-15-13-30(14-16-31)20-5-7-21(8-6-20)36(34,35)29-23-9-11-27-17-28-23;1-14(33-18-4-2-3-17(23)20(18)24)21(30)27-10-11-28(19(29)13-27)15-5-7-16(8-6-15)35(31,32)26-22-25-9-12-34-22;1-15-3-2-4-16(13-15)14-23-19-9-11-25(20(19)26)17-5-7-18(8-6-17)30(27,28)24-21-22-10-12-29-21;20-15-11-13(3-6-16(15)21)28-17-7-9-24(18(17)25)12-1-4-14(5-2-12)30(26,27)23-19-22-8-10-29-19;;;;;/h2-12,17-18H,13-16H2,1H3,(H,27,28,29);2-9,12,14H,10-11,13H2,1H3,(H,25,26);2-8,10,12-13,19,23H,9,11,14H2,1H3,(H,22,24);1-6,8,10-11,17H,7,9H2,(H,22,23);5*1H/t;14-;;;;;;;/m.1......./s1. The molecule has 17 rings (SSSR count). The van der Waals surface area contributed by atoms with Crippen LogP contribution in [0.3, 0.4) is 0 Å². The smallest absolute Gasteiger partial charge is 0.268 e. The van der Waals surface area contributed by atoms with Gasteiger partial charge in [-0.1, -0.05) is 94.4 Å². The molecular formula is C87H92Cl4FN17O15S7. The second-order valence-electron chi connectivity index (χ2n) is 29.7. The molecule has 5 aromatic heterocycles. The van der Waals surface area contributed by atoms with Crippen LogP contribution in [0.4, 0.5) is 48.4 Å². The fourth-order valence-electron chi connectivity index (χ4n) is 14.3. The molecule has 32 nitrogen and oxygen atoms in total. The molecule has 0 bridgehead atoms. The highest BCUT2D eigenvalue weighted by Crippen LogP contribution is 2.36. The summed E-state index contributed by atoms with van der Waals surface area (Å²) < 4.78 is 136. The maximum atomic E-state index is 13.3. The second kappa shape index (κ2) is 42.1. The molecule has 4 atom stereocenters. The molecule has 44 heteroatoms. The number of carbonyl (C=O) groups is 5. The van der Waals surface area contributed by atoms with Crippen LogP contribution < -0.4 is 53.3 Å². The van der Waals surface area contributed by atoms with Crippen molar-refractivity contribution >= 4 is 205 Å². The Morgan fingerprint density at radius 1 is 0.519 bits per heavy atom. The summed E-state index contributed by atoms with van der Waals surface area (Å²) in [4.78, 5) is 94.4. The molecular weight excluding hydrogens is 1910 g/mol. The number of hydrogen-bond acceptors (Lipinski definition) is 25. The topological polar surface area (TPSA) is 389 Å². The van der Waals surface area contributed by atoms with Gasteiger partial charge in [-0.2, -0.15) is 0 Å². The fraction of sp³-hybridized carbons (Fsp3) is 0.218. The van der Waals surface area contributed by atoms with Gasteiger partial charge < -0.3 is 48.8 Å². The third kappa shape index (κ3) is 23.7. The quantitative estimate of drug-likeness (QED) is 0.0336. The van der Waals surface area contributed by atoms with Crippen LogP contribution in [0.1, 0.15) is 51.0 Å². The lowest BCUT2D eigenvalue weighted by molar-refractivity contribution is -0.142. The summed E-state index contributed by atoms with van der Waals surface area (Å²) >= 11 is 27.8. The minimum atomic E-state index is -3.80. The van der Waals surface area contributed by atoms with Crippen LogP contribution >= 0.6 is 80.4 Å². The Bertz CT molecular complexity index is 6760. The van der Waals surface area contributed by atoms with Gasteiger partial charge in [-0.05, 0) is 172 Å². The average molecular weight is 2000 g/mol. The fourth-order valence-corrected chi connectivity index (χ4v) is 21.5. The molecule has 0 saturated carbocycles. The number of benzene rings is 8. The lowest BCUT2D eigenvalue weighted by atomic mass is 10.1. The van der Waals surface area contributed by atoms with Crippen molar-refractivity contribution in [3.05, 3.63) is 279 Å². The minimum absolute atomic E-state index is 0. The zero-order chi connectivity index (χ0) is 92.9. The first kappa shape index (κ1) is 95.2. The number of ether oxygens (including phenoxy) is 2. The highest BCUT2D eigenvalue weighted by atomic mass is 35.5. The normalized spacial score (nSPS) is 15.9. The van der Waals surface area contributed by atoms with Gasteiger partial charge in [0.25, 0.3) is 51.9 Å². The molecule has 0 aliphatic carbocycles. The molecule has 131 heavy (non-hydrogen) atoms. The van der Waals surface area contributed by atoms with Gasteiger partial charge in [0, 0.05) is 154 Å². The molecule has 692 valence electrons. The van der Waals surface area contributed by atoms with Crippen molar-refractivity contribution in [2.45, 2.75) is 84.0 Å². The number of anilines is 8. The van der Waals surface area contributed by atoms with Crippen molar-refractivity contribution in [3.63, 3.8) is 0 Å². The zero-order valence-electron chi connectivity index (χ0n) is 69.6. The summed E-state index contributed by atoms with van der Waals surface area (Å²) in [5, 5.41) is 11.3. The van der Waals surface area contributed by atoms with Crippen LogP contribution in [-0.2, 0) is 70.6 Å². The van der Waals surface area contributed by atoms with Gasteiger partial charge in [0.1, 0.15) is 47.1 Å². The predicted octanol–water partition coefficient (Wildman–Crippen LogP) is 16.0. The number of nitrogens with one attached hydrogen (secondary N) is 5. The highest BCUT2D eigenvalue weighted by Gasteiger charge is 2.37. The second-order valence-corrected chi connectivity index (χ2v) is 40.7. The van der Waals surface area contributed by atoms with Crippen molar-refractivity contribution < 1.29 is 78.6 Å². The van der Waals surface area contributed by atoms with Crippen LogP contribution in [0.2, 0.25) is 20.1 Å². The number of fused-ring (bicyclic) bond motifs is 1. The predicted molar refractivity (Wildman–Crippen MR) is 515 cm³/mol. The summed E-state index contributed by atoms with van der Waals surface area (Å²) in [7, 11) is -15.0. The summed E-state index contributed by atoms with van der Waals surface area (Å²) in [6, 6.07) is 50.5. The summed E-state index contributed by atoms with van der Waals surface area (Å²) in [6.07, 6.45) is 8.72. The van der Waals surface area contributed by atoms with E-state index in [0.29, 0.717) is 96.6 Å². The number of aromatic nitrogens is 6. The molecule has 3 unspecified atom stereocenters. The van der Waals surface area contributed by atoms with Crippen LogP contribution in [0.25, 0.3) is 10.9 Å². The molecule has 5 N–H and O–H groups in total.